The fourth-order valence-corrected chi connectivity index (χ4v) is 4.19. The molecule has 1 aromatic carbocycles. The third-order valence-electron chi connectivity index (χ3n) is 4.36. The zero-order valence-corrected chi connectivity index (χ0v) is 15.1. The summed E-state index contributed by atoms with van der Waals surface area (Å²) in [7, 11) is 0. The Hall–Kier alpha value is -2.64. The number of furan rings is 1. The van der Waals surface area contributed by atoms with E-state index in [-0.39, 0.29) is 5.91 Å². The summed E-state index contributed by atoms with van der Waals surface area (Å²) in [5.41, 5.74) is 3.90. The molecule has 2 aliphatic rings. The van der Waals surface area contributed by atoms with E-state index < -0.39 is 0 Å². The van der Waals surface area contributed by atoms with Crippen molar-refractivity contribution < 1.29 is 13.9 Å². The molecule has 3 aromatic rings. The van der Waals surface area contributed by atoms with Gasteiger partial charge in [0.2, 0.25) is 0 Å². The summed E-state index contributed by atoms with van der Waals surface area (Å²) in [6.07, 6.45) is 6.17. The lowest BCUT2D eigenvalue weighted by atomic mass is 10.0. The highest BCUT2D eigenvalue weighted by atomic mass is 32.2. The maximum absolute atomic E-state index is 11.8. The molecule has 26 heavy (non-hydrogen) atoms. The van der Waals surface area contributed by atoms with E-state index in [1.165, 1.54) is 17.3 Å². The van der Waals surface area contributed by atoms with Crippen molar-refractivity contribution in [3.05, 3.63) is 52.9 Å². The molecule has 0 aliphatic carbocycles. The molecular formula is C19H12N2O3S2. The third-order valence-corrected chi connectivity index (χ3v) is 5.52. The van der Waals surface area contributed by atoms with E-state index in [0.29, 0.717) is 15.0 Å². The monoisotopic (exact) mass is 380 g/mol. The number of amides is 1. The third kappa shape index (κ3) is 2.60. The van der Waals surface area contributed by atoms with Gasteiger partial charge in [-0.25, -0.2) is 0 Å². The Morgan fingerprint density at radius 2 is 2.19 bits per heavy atom. The number of aromatic nitrogens is 1. The molecule has 7 heteroatoms. The minimum Gasteiger partial charge on any atom is -0.493 e. The lowest BCUT2D eigenvalue weighted by Crippen LogP contribution is -2.17. The number of hydrogen-bond acceptors (Lipinski definition) is 6. The molecule has 1 amide bonds. The van der Waals surface area contributed by atoms with E-state index in [1.54, 1.807) is 18.5 Å². The Morgan fingerprint density at radius 1 is 1.27 bits per heavy atom. The van der Waals surface area contributed by atoms with E-state index in [2.05, 4.69) is 16.4 Å². The minimum atomic E-state index is -0.197. The molecule has 0 saturated carbocycles. The van der Waals surface area contributed by atoms with Crippen molar-refractivity contribution in [2.45, 2.75) is 6.42 Å². The summed E-state index contributed by atoms with van der Waals surface area (Å²) >= 11 is 6.25. The number of carbonyl (C=O) groups excluding carboxylic acids is 1. The normalized spacial score (nSPS) is 17.6. The minimum absolute atomic E-state index is 0.197. The molecule has 128 valence electrons. The second-order valence-corrected chi connectivity index (χ2v) is 7.75. The van der Waals surface area contributed by atoms with Crippen LogP contribution in [0.2, 0.25) is 0 Å². The lowest BCUT2D eigenvalue weighted by molar-refractivity contribution is -0.115. The van der Waals surface area contributed by atoms with Crippen LogP contribution in [0.1, 0.15) is 11.3 Å². The van der Waals surface area contributed by atoms with Crippen LogP contribution in [0.4, 0.5) is 0 Å². The van der Waals surface area contributed by atoms with Crippen LogP contribution in [-0.4, -0.2) is 21.8 Å². The van der Waals surface area contributed by atoms with Crippen LogP contribution in [0.25, 0.3) is 28.2 Å². The fourth-order valence-electron chi connectivity index (χ4n) is 3.16. The lowest BCUT2D eigenvalue weighted by Gasteiger charge is -2.04. The molecule has 5 nitrogen and oxygen atoms in total. The zero-order chi connectivity index (χ0) is 17.7. The van der Waals surface area contributed by atoms with Gasteiger partial charge in [-0.2, -0.15) is 0 Å². The van der Waals surface area contributed by atoms with E-state index in [1.807, 2.05) is 18.2 Å². The first-order chi connectivity index (χ1) is 12.7. The molecule has 0 spiro atoms. The highest BCUT2D eigenvalue weighted by Gasteiger charge is 2.23. The number of thioether (sulfide) groups is 1. The summed E-state index contributed by atoms with van der Waals surface area (Å²) in [6, 6.07) is 8.01. The van der Waals surface area contributed by atoms with Crippen LogP contribution in [0, 0.1) is 0 Å². The van der Waals surface area contributed by atoms with Gasteiger partial charge in [-0.1, -0.05) is 30.0 Å². The smallest absolute Gasteiger partial charge is 0.263 e. The highest BCUT2D eigenvalue weighted by molar-refractivity contribution is 8.26. The van der Waals surface area contributed by atoms with E-state index >= 15 is 0 Å². The van der Waals surface area contributed by atoms with Crippen molar-refractivity contribution in [3.8, 4) is 16.9 Å². The maximum Gasteiger partial charge on any atom is 0.263 e. The summed E-state index contributed by atoms with van der Waals surface area (Å²) in [5.74, 6) is 1.34. The van der Waals surface area contributed by atoms with E-state index in [0.717, 1.165) is 40.9 Å². The second-order valence-electron chi connectivity index (χ2n) is 6.03. The Balaban J connectivity index is 1.60. The van der Waals surface area contributed by atoms with Crippen LogP contribution in [0.3, 0.4) is 0 Å². The van der Waals surface area contributed by atoms with Gasteiger partial charge in [-0.15, -0.1) is 0 Å². The SMILES string of the molecule is O=C1NC(=S)S/C1=C\c1cc2cncc(-c3ccc4c(c3)CCO4)c2o1. The number of hydrogen-bond donors (Lipinski definition) is 1. The van der Waals surface area contributed by atoms with Gasteiger partial charge >= 0.3 is 0 Å². The van der Waals surface area contributed by atoms with Gasteiger partial charge < -0.3 is 14.5 Å². The first-order valence-electron chi connectivity index (χ1n) is 8.06. The molecule has 0 radical (unpaired) electrons. The van der Waals surface area contributed by atoms with Crippen LogP contribution in [-0.2, 0) is 11.2 Å². The van der Waals surface area contributed by atoms with Crippen LogP contribution >= 0.6 is 24.0 Å². The molecular weight excluding hydrogens is 368 g/mol. The topological polar surface area (TPSA) is 64.4 Å². The average Bonchev–Trinajstić information content (AvgIpc) is 3.32. The zero-order valence-electron chi connectivity index (χ0n) is 13.4. The van der Waals surface area contributed by atoms with Gasteiger partial charge in [0, 0.05) is 35.8 Å². The number of benzene rings is 1. The summed E-state index contributed by atoms with van der Waals surface area (Å²) in [5, 5.41) is 3.49. The molecule has 2 aliphatic heterocycles. The van der Waals surface area contributed by atoms with Crippen molar-refractivity contribution >= 4 is 51.3 Å². The standard InChI is InChI=1S/C19H12N2O3S2/c22-18-16(26-19(25)21-18)7-13-6-12-8-20-9-14(17(12)24-13)10-1-2-15-11(5-10)3-4-23-15/h1-2,5-9H,3-4H2,(H,21,22,25)/b16-7-. The van der Waals surface area contributed by atoms with Crippen molar-refractivity contribution in [1.29, 1.82) is 0 Å². The number of carbonyl (C=O) groups is 1. The number of thiocarbonyl (C=S) groups is 1. The van der Waals surface area contributed by atoms with Crippen molar-refractivity contribution in [2.75, 3.05) is 6.61 Å². The van der Waals surface area contributed by atoms with Crippen LogP contribution in [0.5, 0.6) is 5.75 Å². The Morgan fingerprint density at radius 3 is 3.04 bits per heavy atom. The van der Waals surface area contributed by atoms with Crippen LogP contribution < -0.4 is 10.1 Å². The summed E-state index contributed by atoms with van der Waals surface area (Å²) < 4.78 is 12.1. The van der Waals surface area contributed by atoms with Gasteiger partial charge in [-0.3, -0.25) is 9.78 Å². The molecule has 2 aromatic heterocycles. The molecule has 0 atom stereocenters. The predicted molar refractivity (Wildman–Crippen MR) is 105 cm³/mol. The molecule has 5 rings (SSSR count). The predicted octanol–water partition coefficient (Wildman–Crippen LogP) is 3.92. The number of rotatable bonds is 2. The van der Waals surface area contributed by atoms with Gasteiger partial charge in [0.15, 0.2) is 0 Å². The molecule has 4 heterocycles. The Labute approximate surface area is 158 Å². The largest absolute Gasteiger partial charge is 0.493 e. The molecule has 1 saturated heterocycles. The van der Waals surface area contributed by atoms with Crippen molar-refractivity contribution in [2.24, 2.45) is 0 Å². The molecule has 0 unspecified atom stereocenters. The Kier molecular flexibility index (Phi) is 3.58. The van der Waals surface area contributed by atoms with Gasteiger partial charge in [-0.05, 0) is 29.3 Å². The molecule has 0 bridgehead atoms. The maximum atomic E-state index is 11.8. The summed E-state index contributed by atoms with van der Waals surface area (Å²) in [6.45, 7) is 0.724. The van der Waals surface area contributed by atoms with Crippen LogP contribution in [0.15, 0.2) is 46.0 Å². The number of pyridine rings is 1. The quantitative estimate of drug-likeness (QED) is 0.537. The number of nitrogens with zero attached hydrogens (tertiary/aromatic N) is 1. The van der Waals surface area contributed by atoms with E-state index in [9.17, 15) is 4.79 Å². The number of ether oxygens (including phenoxy) is 1. The Bertz CT molecular complexity index is 1120. The average molecular weight is 380 g/mol. The molecule has 1 fully saturated rings. The van der Waals surface area contributed by atoms with Crippen molar-refractivity contribution in [1.82, 2.24) is 10.3 Å². The summed E-state index contributed by atoms with van der Waals surface area (Å²) in [4.78, 5) is 16.7. The second kappa shape index (κ2) is 5.96. The first kappa shape index (κ1) is 15.6. The fraction of sp³-hybridized carbons (Fsp3) is 0.105. The van der Waals surface area contributed by atoms with Gasteiger partial charge in [0.25, 0.3) is 5.91 Å². The van der Waals surface area contributed by atoms with Gasteiger partial charge in [0.1, 0.15) is 21.4 Å². The highest BCUT2D eigenvalue weighted by Crippen LogP contribution is 2.35. The first-order valence-corrected chi connectivity index (χ1v) is 9.28. The number of fused-ring (bicyclic) bond motifs is 2. The van der Waals surface area contributed by atoms with Gasteiger partial charge in [0.05, 0.1) is 11.5 Å². The molecule has 1 N–H and O–H groups in total. The van der Waals surface area contributed by atoms with E-state index in [4.69, 9.17) is 21.4 Å². The van der Waals surface area contributed by atoms with Crippen molar-refractivity contribution in [3.63, 3.8) is 0 Å². The number of nitrogens with one attached hydrogen (secondary N) is 1.